The molecule has 0 fully saturated rings. The molecule has 0 atom stereocenters. The van der Waals surface area contributed by atoms with Gasteiger partial charge in [0.05, 0.1) is 22.2 Å². The van der Waals surface area contributed by atoms with E-state index in [1.54, 1.807) is 24.3 Å². The quantitative estimate of drug-likeness (QED) is 0.330. The first-order valence-corrected chi connectivity index (χ1v) is 10.7. The summed E-state index contributed by atoms with van der Waals surface area (Å²) in [6.45, 7) is 2.66. The first kappa shape index (κ1) is 24.0. The number of carbonyl (C=O) groups is 1. The largest absolute Gasteiger partial charge is 0.490 e. The summed E-state index contributed by atoms with van der Waals surface area (Å²) in [5.41, 5.74) is 1.91. The molecule has 5 nitrogen and oxygen atoms in total. The van der Waals surface area contributed by atoms with Crippen LogP contribution in [-0.2, 0) is 13.2 Å². The molecule has 0 saturated heterocycles. The highest BCUT2D eigenvalue weighted by molar-refractivity contribution is 6.33. The first-order chi connectivity index (χ1) is 15.3. The number of halogens is 4. The van der Waals surface area contributed by atoms with E-state index in [9.17, 15) is 14.3 Å². The van der Waals surface area contributed by atoms with Crippen LogP contribution in [0.1, 0.15) is 28.4 Å². The number of anilines is 1. The van der Waals surface area contributed by atoms with Crippen molar-refractivity contribution in [3.63, 3.8) is 0 Å². The summed E-state index contributed by atoms with van der Waals surface area (Å²) < 4.78 is 24.8. The van der Waals surface area contributed by atoms with Crippen molar-refractivity contribution in [2.24, 2.45) is 0 Å². The molecular formula is C23H19Cl3FNO4. The van der Waals surface area contributed by atoms with Crippen molar-refractivity contribution in [2.45, 2.75) is 20.1 Å². The normalized spacial score (nSPS) is 10.7. The number of carboxylic acid groups (broad SMARTS) is 1. The van der Waals surface area contributed by atoms with Gasteiger partial charge in [0.2, 0.25) is 0 Å². The van der Waals surface area contributed by atoms with Gasteiger partial charge < -0.3 is 19.9 Å². The zero-order valence-corrected chi connectivity index (χ0v) is 19.2. The van der Waals surface area contributed by atoms with Gasteiger partial charge >= 0.3 is 5.97 Å². The number of nitrogens with one attached hydrogen (secondary N) is 1. The minimum absolute atomic E-state index is 0.000899. The number of rotatable bonds is 9. The van der Waals surface area contributed by atoms with Crippen molar-refractivity contribution in [1.29, 1.82) is 0 Å². The molecule has 9 heteroatoms. The summed E-state index contributed by atoms with van der Waals surface area (Å²) in [7, 11) is 0. The second-order valence-corrected chi connectivity index (χ2v) is 7.92. The number of aromatic carboxylic acids is 1. The third-order valence-electron chi connectivity index (χ3n) is 4.49. The smallest absolute Gasteiger partial charge is 0.337 e. The van der Waals surface area contributed by atoms with E-state index in [0.717, 1.165) is 0 Å². The van der Waals surface area contributed by atoms with E-state index >= 15 is 0 Å². The molecule has 0 bridgehead atoms. The molecule has 0 aliphatic heterocycles. The standard InChI is InChI=1S/C23H19Cl3FNO4/c1-2-31-21-7-14(11-28-16-5-6-18(24)17(9-16)23(29)30)20(26)10-22(21)32-12-13-3-4-15(27)8-19(13)25/h3-10,28H,2,11-12H2,1H3,(H,29,30). The number of hydrogen-bond acceptors (Lipinski definition) is 4. The van der Waals surface area contributed by atoms with E-state index in [2.05, 4.69) is 5.32 Å². The highest BCUT2D eigenvalue weighted by atomic mass is 35.5. The van der Waals surface area contributed by atoms with Gasteiger partial charge in [-0.3, -0.25) is 0 Å². The maximum absolute atomic E-state index is 13.2. The SMILES string of the molecule is CCOc1cc(CNc2ccc(Cl)c(C(=O)O)c2)c(Cl)cc1OCc1ccc(F)cc1Cl. The number of hydrogen-bond donors (Lipinski definition) is 2. The summed E-state index contributed by atoms with van der Waals surface area (Å²) in [5, 5.41) is 13.2. The lowest BCUT2D eigenvalue weighted by atomic mass is 10.1. The van der Waals surface area contributed by atoms with Crippen molar-refractivity contribution in [3.05, 3.63) is 86.1 Å². The molecule has 2 N–H and O–H groups in total. The number of benzene rings is 3. The minimum Gasteiger partial charge on any atom is -0.490 e. The zero-order valence-electron chi connectivity index (χ0n) is 16.9. The van der Waals surface area contributed by atoms with Gasteiger partial charge in [-0.15, -0.1) is 0 Å². The second-order valence-electron chi connectivity index (χ2n) is 6.70. The van der Waals surface area contributed by atoms with Crippen LogP contribution in [-0.4, -0.2) is 17.7 Å². The molecule has 0 heterocycles. The molecule has 3 rings (SSSR count). The van der Waals surface area contributed by atoms with Crippen LogP contribution in [0, 0.1) is 5.82 Å². The summed E-state index contributed by atoms with van der Waals surface area (Å²) >= 11 is 18.4. The Morgan fingerprint density at radius 1 is 0.938 bits per heavy atom. The Bertz CT molecular complexity index is 1140. The van der Waals surface area contributed by atoms with E-state index < -0.39 is 11.8 Å². The van der Waals surface area contributed by atoms with Crippen LogP contribution >= 0.6 is 34.8 Å². The van der Waals surface area contributed by atoms with Crippen LogP contribution in [0.5, 0.6) is 11.5 Å². The van der Waals surface area contributed by atoms with Gasteiger partial charge in [-0.1, -0.05) is 40.9 Å². The fourth-order valence-electron chi connectivity index (χ4n) is 2.88. The van der Waals surface area contributed by atoms with Gasteiger partial charge in [0.1, 0.15) is 12.4 Å². The highest BCUT2D eigenvalue weighted by Gasteiger charge is 2.14. The monoisotopic (exact) mass is 497 g/mol. The lowest BCUT2D eigenvalue weighted by Crippen LogP contribution is -2.05. The molecule has 3 aromatic carbocycles. The Morgan fingerprint density at radius 2 is 1.66 bits per heavy atom. The van der Waals surface area contributed by atoms with Crippen molar-refractivity contribution in [1.82, 2.24) is 0 Å². The van der Waals surface area contributed by atoms with Gasteiger partial charge in [-0.25, -0.2) is 9.18 Å². The maximum Gasteiger partial charge on any atom is 0.337 e. The van der Waals surface area contributed by atoms with E-state index in [1.165, 1.54) is 24.3 Å². The lowest BCUT2D eigenvalue weighted by molar-refractivity contribution is 0.0697. The third-order valence-corrected chi connectivity index (χ3v) is 5.52. The zero-order chi connectivity index (χ0) is 23.3. The Balaban J connectivity index is 1.77. The number of carboxylic acids is 1. The van der Waals surface area contributed by atoms with Gasteiger partial charge in [0.15, 0.2) is 11.5 Å². The van der Waals surface area contributed by atoms with E-state index in [-0.39, 0.29) is 22.2 Å². The number of ether oxygens (including phenoxy) is 2. The molecule has 3 aromatic rings. The average Bonchev–Trinajstić information content (AvgIpc) is 2.74. The van der Waals surface area contributed by atoms with E-state index in [4.69, 9.17) is 44.3 Å². The highest BCUT2D eigenvalue weighted by Crippen LogP contribution is 2.35. The summed E-state index contributed by atoms with van der Waals surface area (Å²) in [5.74, 6) is -0.641. The van der Waals surface area contributed by atoms with Crippen LogP contribution in [0.15, 0.2) is 48.5 Å². The Morgan fingerprint density at radius 3 is 2.34 bits per heavy atom. The predicted molar refractivity (Wildman–Crippen MR) is 124 cm³/mol. The van der Waals surface area contributed by atoms with E-state index in [1.807, 2.05) is 6.92 Å². The predicted octanol–water partition coefficient (Wildman–Crippen LogP) is 7.07. The topological polar surface area (TPSA) is 67.8 Å². The van der Waals surface area contributed by atoms with Gasteiger partial charge in [-0.05, 0) is 48.9 Å². The molecule has 0 amide bonds. The van der Waals surface area contributed by atoms with E-state index in [0.29, 0.717) is 46.5 Å². The fraction of sp³-hybridized carbons (Fsp3) is 0.174. The second kappa shape index (κ2) is 10.8. The molecular weight excluding hydrogens is 480 g/mol. The summed E-state index contributed by atoms with van der Waals surface area (Å²) in [6, 6.07) is 12.1. The minimum atomic E-state index is -1.11. The van der Waals surface area contributed by atoms with Gasteiger partial charge in [-0.2, -0.15) is 0 Å². The molecule has 0 aliphatic rings. The molecule has 0 aromatic heterocycles. The Kier molecular flexibility index (Phi) is 8.07. The van der Waals surface area contributed by atoms with Crippen LogP contribution in [0.25, 0.3) is 0 Å². The van der Waals surface area contributed by atoms with Crippen molar-refractivity contribution < 1.29 is 23.8 Å². The summed E-state index contributed by atoms with van der Waals surface area (Å²) in [4.78, 5) is 11.3. The summed E-state index contributed by atoms with van der Waals surface area (Å²) in [6.07, 6.45) is 0. The lowest BCUT2D eigenvalue weighted by Gasteiger charge is -2.16. The molecule has 0 aliphatic carbocycles. The fourth-order valence-corrected chi connectivity index (χ4v) is 3.53. The molecule has 0 radical (unpaired) electrons. The molecule has 168 valence electrons. The first-order valence-electron chi connectivity index (χ1n) is 9.57. The van der Waals surface area contributed by atoms with Crippen molar-refractivity contribution in [3.8, 4) is 11.5 Å². The Labute approximate surface area is 199 Å². The van der Waals surface area contributed by atoms with Crippen LogP contribution < -0.4 is 14.8 Å². The van der Waals surface area contributed by atoms with Crippen molar-refractivity contribution in [2.75, 3.05) is 11.9 Å². The average molecular weight is 499 g/mol. The molecule has 32 heavy (non-hydrogen) atoms. The Hall–Kier alpha value is -2.67. The van der Waals surface area contributed by atoms with Gasteiger partial charge in [0.25, 0.3) is 0 Å². The van der Waals surface area contributed by atoms with Crippen LogP contribution in [0.3, 0.4) is 0 Å². The molecule has 0 spiro atoms. The third kappa shape index (κ3) is 5.97. The molecule has 0 unspecified atom stereocenters. The van der Waals surface area contributed by atoms with Crippen molar-refractivity contribution >= 4 is 46.5 Å². The van der Waals surface area contributed by atoms with Gasteiger partial charge in [0, 0.05) is 28.9 Å². The maximum atomic E-state index is 13.2. The van der Waals surface area contributed by atoms with Crippen LogP contribution in [0.4, 0.5) is 10.1 Å². The van der Waals surface area contributed by atoms with Crippen LogP contribution in [0.2, 0.25) is 15.1 Å². The molecule has 0 saturated carbocycles.